The van der Waals surface area contributed by atoms with Gasteiger partial charge in [0.25, 0.3) is 10.0 Å². The summed E-state index contributed by atoms with van der Waals surface area (Å²) >= 11 is 6.12. The second-order valence-corrected chi connectivity index (χ2v) is 7.09. The van der Waals surface area contributed by atoms with Crippen molar-refractivity contribution < 1.29 is 8.42 Å². The second-order valence-electron chi connectivity index (χ2n) is 5.00. The first-order valence-corrected chi connectivity index (χ1v) is 8.44. The maximum absolute atomic E-state index is 12.3. The van der Waals surface area contributed by atoms with Crippen LogP contribution in [0.1, 0.15) is 18.4 Å². The number of aromatic nitrogens is 2. The van der Waals surface area contributed by atoms with Crippen LogP contribution in [-0.4, -0.2) is 24.7 Å². The number of halogens is 1. The van der Waals surface area contributed by atoms with E-state index >= 15 is 0 Å². The van der Waals surface area contributed by atoms with Crippen LogP contribution in [0, 0.1) is 0 Å². The quantitative estimate of drug-likeness (QED) is 0.759. The third-order valence-electron chi connectivity index (χ3n) is 3.24. The lowest BCUT2D eigenvalue weighted by atomic mass is 10.2. The van der Waals surface area contributed by atoms with Crippen molar-refractivity contribution in [3.63, 3.8) is 0 Å². The van der Waals surface area contributed by atoms with Crippen molar-refractivity contribution in [2.45, 2.75) is 30.3 Å². The molecule has 0 amide bonds. The summed E-state index contributed by atoms with van der Waals surface area (Å²) in [5.41, 5.74) is 1.17. The van der Waals surface area contributed by atoms with Gasteiger partial charge in [-0.2, -0.15) is 5.10 Å². The average molecular weight is 327 g/mol. The number of nitrogens with one attached hydrogen (secondary N) is 3. The Kier molecular flexibility index (Phi) is 3.88. The lowest BCUT2D eigenvalue weighted by molar-refractivity contribution is 0.601. The highest BCUT2D eigenvalue weighted by molar-refractivity contribution is 7.92. The van der Waals surface area contributed by atoms with Crippen LogP contribution in [0.2, 0.25) is 5.02 Å². The first-order valence-electron chi connectivity index (χ1n) is 6.58. The van der Waals surface area contributed by atoms with E-state index in [4.69, 9.17) is 11.6 Å². The second kappa shape index (κ2) is 5.67. The topological polar surface area (TPSA) is 86.9 Å². The highest BCUT2D eigenvalue weighted by Gasteiger charge is 2.21. The molecule has 0 atom stereocenters. The lowest BCUT2D eigenvalue weighted by Gasteiger charge is -2.10. The fourth-order valence-electron chi connectivity index (χ4n) is 1.92. The monoisotopic (exact) mass is 326 g/mol. The zero-order valence-corrected chi connectivity index (χ0v) is 12.7. The summed E-state index contributed by atoms with van der Waals surface area (Å²) < 4.78 is 27.0. The predicted molar refractivity (Wildman–Crippen MR) is 80.7 cm³/mol. The summed E-state index contributed by atoms with van der Waals surface area (Å²) in [7, 11) is -3.64. The molecule has 0 unspecified atom stereocenters. The van der Waals surface area contributed by atoms with Crippen molar-refractivity contribution in [2.75, 3.05) is 4.72 Å². The number of aromatic amines is 1. The zero-order chi connectivity index (χ0) is 14.9. The Bertz CT molecular complexity index is 727. The molecule has 6 nitrogen and oxygen atoms in total. The van der Waals surface area contributed by atoms with Crippen molar-refractivity contribution in [3.8, 4) is 0 Å². The summed E-state index contributed by atoms with van der Waals surface area (Å²) in [5.74, 6) is 0. The van der Waals surface area contributed by atoms with Gasteiger partial charge in [0, 0.05) is 23.8 Å². The molecule has 1 aromatic heterocycles. The van der Waals surface area contributed by atoms with Gasteiger partial charge in [0.15, 0.2) is 0 Å². The molecule has 1 saturated carbocycles. The number of nitrogens with zero attached hydrogens (tertiary/aromatic N) is 1. The van der Waals surface area contributed by atoms with Gasteiger partial charge >= 0.3 is 0 Å². The summed E-state index contributed by atoms with van der Waals surface area (Å²) in [6.07, 6.45) is 5.21. The number of benzene rings is 1. The van der Waals surface area contributed by atoms with Gasteiger partial charge in [0.2, 0.25) is 0 Å². The van der Waals surface area contributed by atoms with Crippen LogP contribution in [0.3, 0.4) is 0 Å². The molecule has 112 valence electrons. The predicted octanol–water partition coefficient (Wildman–Crippen LogP) is 2.12. The number of hydrogen-bond acceptors (Lipinski definition) is 4. The van der Waals surface area contributed by atoms with Gasteiger partial charge < -0.3 is 5.32 Å². The fourth-order valence-corrected chi connectivity index (χ4v) is 3.19. The molecule has 1 fully saturated rings. The maximum atomic E-state index is 12.3. The minimum Gasteiger partial charge on any atom is -0.310 e. The SMILES string of the molecule is O=S(=O)(Nc1cn[nH]c1)c1ccc(Cl)c(CNC2CC2)c1. The molecule has 0 saturated heterocycles. The van der Waals surface area contributed by atoms with E-state index in [0.29, 0.717) is 23.3 Å². The van der Waals surface area contributed by atoms with Gasteiger partial charge in [-0.1, -0.05) is 11.6 Å². The van der Waals surface area contributed by atoms with Crippen molar-refractivity contribution in [2.24, 2.45) is 0 Å². The molecule has 3 rings (SSSR count). The van der Waals surface area contributed by atoms with Crippen LogP contribution in [-0.2, 0) is 16.6 Å². The lowest BCUT2D eigenvalue weighted by Crippen LogP contribution is -2.17. The van der Waals surface area contributed by atoms with Crippen LogP contribution >= 0.6 is 11.6 Å². The van der Waals surface area contributed by atoms with E-state index in [1.165, 1.54) is 18.5 Å². The minimum absolute atomic E-state index is 0.181. The largest absolute Gasteiger partial charge is 0.310 e. The molecule has 1 aliphatic rings. The van der Waals surface area contributed by atoms with E-state index in [-0.39, 0.29) is 4.90 Å². The minimum atomic E-state index is -3.64. The highest BCUT2D eigenvalue weighted by atomic mass is 35.5. The molecule has 0 aliphatic heterocycles. The van der Waals surface area contributed by atoms with Gasteiger partial charge in [-0.3, -0.25) is 9.82 Å². The summed E-state index contributed by atoms with van der Waals surface area (Å²) in [6.45, 7) is 0.568. The molecule has 1 aliphatic carbocycles. The molecule has 1 heterocycles. The first kappa shape index (κ1) is 14.4. The Balaban J connectivity index is 1.81. The van der Waals surface area contributed by atoms with E-state index < -0.39 is 10.0 Å². The third kappa shape index (κ3) is 3.55. The summed E-state index contributed by atoms with van der Waals surface area (Å²) in [5, 5.41) is 10.1. The van der Waals surface area contributed by atoms with E-state index in [1.807, 2.05) is 0 Å². The smallest absolute Gasteiger partial charge is 0.262 e. The van der Waals surface area contributed by atoms with E-state index in [0.717, 1.165) is 18.4 Å². The van der Waals surface area contributed by atoms with Gasteiger partial charge in [0.1, 0.15) is 0 Å². The Morgan fingerprint density at radius 2 is 2.19 bits per heavy atom. The molecule has 0 spiro atoms. The van der Waals surface area contributed by atoms with Crippen LogP contribution in [0.5, 0.6) is 0 Å². The van der Waals surface area contributed by atoms with E-state index in [2.05, 4.69) is 20.2 Å². The van der Waals surface area contributed by atoms with Crippen LogP contribution in [0.15, 0.2) is 35.5 Å². The van der Waals surface area contributed by atoms with Crippen LogP contribution < -0.4 is 10.0 Å². The third-order valence-corrected chi connectivity index (χ3v) is 4.98. The normalized spacial score (nSPS) is 15.1. The molecule has 2 aromatic rings. The van der Waals surface area contributed by atoms with Crippen LogP contribution in [0.25, 0.3) is 0 Å². The molecule has 0 bridgehead atoms. The van der Waals surface area contributed by atoms with Gasteiger partial charge in [-0.25, -0.2) is 8.42 Å². The fraction of sp³-hybridized carbons (Fsp3) is 0.308. The molecular weight excluding hydrogens is 312 g/mol. The Labute approximate surface area is 128 Å². The van der Waals surface area contributed by atoms with E-state index in [1.54, 1.807) is 12.1 Å². The average Bonchev–Trinajstić information content (AvgIpc) is 3.14. The van der Waals surface area contributed by atoms with Crippen molar-refractivity contribution >= 4 is 27.3 Å². The molecule has 3 N–H and O–H groups in total. The molecule has 1 aromatic carbocycles. The number of rotatable bonds is 6. The zero-order valence-electron chi connectivity index (χ0n) is 11.1. The number of sulfonamides is 1. The van der Waals surface area contributed by atoms with Crippen LogP contribution in [0.4, 0.5) is 5.69 Å². The van der Waals surface area contributed by atoms with Gasteiger partial charge in [-0.15, -0.1) is 0 Å². The number of hydrogen-bond donors (Lipinski definition) is 3. The van der Waals surface area contributed by atoms with Crippen molar-refractivity contribution in [1.82, 2.24) is 15.5 Å². The first-order chi connectivity index (χ1) is 10.0. The molecule has 21 heavy (non-hydrogen) atoms. The summed E-state index contributed by atoms with van der Waals surface area (Å²) in [6, 6.07) is 5.23. The van der Waals surface area contributed by atoms with E-state index in [9.17, 15) is 8.42 Å². The molecule has 0 radical (unpaired) electrons. The Morgan fingerprint density at radius 1 is 1.38 bits per heavy atom. The van der Waals surface area contributed by atoms with Gasteiger partial charge in [-0.05, 0) is 36.6 Å². The van der Waals surface area contributed by atoms with Gasteiger partial charge in [0.05, 0.1) is 16.8 Å². The maximum Gasteiger partial charge on any atom is 0.262 e. The molecule has 8 heteroatoms. The highest BCUT2D eigenvalue weighted by Crippen LogP contribution is 2.24. The Morgan fingerprint density at radius 3 is 2.86 bits per heavy atom. The Hall–Kier alpha value is -1.57. The van der Waals surface area contributed by atoms with Crippen molar-refractivity contribution in [3.05, 3.63) is 41.2 Å². The number of H-pyrrole nitrogens is 1. The number of anilines is 1. The van der Waals surface area contributed by atoms with Crippen molar-refractivity contribution in [1.29, 1.82) is 0 Å². The standard InChI is InChI=1S/C13H15ClN4O2S/c14-13-4-3-12(5-9(13)6-15-10-1-2-10)21(19,20)18-11-7-16-17-8-11/h3-5,7-8,10,15,18H,1-2,6H2,(H,16,17). The summed E-state index contributed by atoms with van der Waals surface area (Å²) in [4.78, 5) is 0.181. The molecular formula is C13H15ClN4O2S.